The molecular formula is C21H21N5O3. The molecule has 0 fully saturated rings. The van der Waals surface area contributed by atoms with Gasteiger partial charge in [-0.3, -0.25) is 4.98 Å². The van der Waals surface area contributed by atoms with Crippen LogP contribution in [0.1, 0.15) is 16.7 Å². The van der Waals surface area contributed by atoms with Crippen LogP contribution in [-0.2, 0) is 0 Å². The largest absolute Gasteiger partial charge is 0.496 e. The van der Waals surface area contributed by atoms with Gasteiger partial charge in [0.1, 0.15) is 11.6 Å². The molecule has 8 nitrogen and oxygen atoms in total. The number of fused-ring (bicyclic) bond motifs is 1. The molecule has 2 aromatic heterocycles. The summed E-state index contributed by atoms with van der Waals surface area (Å²) < 4.78 is 10.5. The number of hydrogen-bond donors (Lipinski definition) is 3. The molecule has 29 heavy (non-hydrogen) atoms. The van der Waals surface area contributed by atoms with Gasteiger partial charge in [-0.15, -0.1) is 0 Å². The lowest BCUT2D eigenvalue weighted by Gasteiger charge is -2.13. The van der Waals surface area contributed by atoms with Gasteiger partial charge in [0.15, 0.2) is 5.58 Å². The van der Waals surface area contributed by atoms with E-state index in [2.05, 4.69) is 25.6 Å². The van der Waals surface area contributed by atoms with Crippen LogP contribution in [0.5, 0.6) is 5.75 Å². The fourth-order valence-corrected chi connectivity index (χ4v) is 3.04. The summed E-state index contributed by atoms with van der Waals surface area (Å²) in [6.07, 6.45) is 1.74. The van der Waals surface area contributed by atoms with Crippen molar-refractivity contribution in [3.8, 4) is 5.75 Å². The molecule has 0 spiro atoms. The van der Waals surface area contributed by atoms with Gasteiger partial charge in [-0.05, 0) is 56.2 Å². The zero-order valence-corrected chi connectivity index (χ0v) is 16.6. The van der Waals surface area contributed by atoms with E-state index in [0.29, 0.717) is 22.9 Å². The van der Waals surface area contributed by atoms with E-state index in [-0.39, 0.29) is 0 Å². The highest BCUT2D eigenvalue weighted by Crippen LogP contribution is 2.28. The summed E-state index contributed by atoms with van der Waals surface area (Å²) in [7, 11) is 1.65. The van der Waals surface area contributed by atoms with Gasteiger partial charge in [0, 0.05) is 29.2 Å². The van der Waals surface area contributed by atoms with Crippen LogP contribution < -0.4 is 21.1 Å². The average Bonchev–Trinajstić information content (AvgIpc) is 3.06. The SMILES string of the molecule is COc1cc(Nc2ncc(C)c(Nc3ccc4oc(=O)[nH]c4c3)n2)cc(C)c1C. The molecule has 0 aliphatic heterocycles. The number of benzene rings is 2. The van der Waals surface area contributed by atoms with Crippen LogP contribution in [0.25, 0.3) is 11.1 Å². The summed E-state index contributed by atoms with van der Waals surface area (Å²) in [4.78, 5) is 22.9. The van der Waals surface area contributed by atoms with Crippen molar-refractivity contribution in [1.82, 2.24) is 15.0 Å². The second kappa shape index (κ2) is 7.31. The number of aromatic amines is 1. The highest BCUT2D eigenvalue weighted by Gasteiger charge is 2.09. The third kappa shape index (κ3) is 3.77. The Morgan fingerprint density at radius 2 is 1.86 bits per heavy atom. The smallest absolute Gasteiger partial charge is 0.417 e. The fourth-order valence-electron chi connectivity index (χ4n) is 3.04. The van der Waals surface area contributed by atoms with E-state index in [1.165, 1.54) is 0 Å². The summed E-state index contributed by atoms with van der Waals surface area (Å²) in [6, 6.07) is 9.29. The van der Waals surface area contributed by atoms with E-state index < -0.39 is 5.76 Å². The van der Waals surface area contributed by atoms with Gasteiger partial charge in [-0.2, -0.15) is 4.98 Å². The maximum Gasteiger partial charge on any atom is 0.417 e. The molecule has 0 unspecified atom stereocenters. The highest BCUT2D eigenvalue weighted by molar-refractivity contribution is 5.78. The number of nitrogens with one attached hydrogen (secondary N) is 3. The van der Waals surface area contributed by atoms with Crippen molar-refractivity contribution < 1.29 is 9.15 Å². The van der Waals surface area contributed by atoms with E-state index in [1.54, 1.807) is 25.4 Å². The zero-order chi connectivity index (χ0) is 20.5. The number of anilines is 4. The van der Waals surface area contributed by atoms with Crippen molar-refractivity contribution in [3.05, 3.63) is 63.8 Å². The van der Waals surface area contributed by atoms with Gasteiger partial charge in [0.05, 0.1) is 12.6 Å². The van der Waals surface area contributed by atoms with Crippen LogP contribution in [0.2, 0.25) is 0 Å². The Bertz CT molecular complexity index is 1260. The molecule has 0 aliphatic carbocycles. The molecule has 0 saturated heterocycles. The van der Waals surface area contributed by atoms with Crippen LogP contribution in [0.4, 0.5) is 23.1 Å². The predicted octanol–water partition coefficient (Wildman–Crippen LogP) is 4.33. The topological polar surface area (TPSA) is 105 Å². The molecule has 2 aromatic carbocycles. The standard InChI is InChI=1S/C21H21N5O3/c1-11-7-15(9-18(28-4)13(11)3)24-20-22-10-12(2)19(26-20)23-14-5-6-17-16(8-14)25-21(27)29-17/h5-10H,1-4H3,(H,25,27)(H2,22,23,24,26). The molecule has 0 radical (unpaired) electrons. The number of ether oxygens (including phenoxy) is 1. The number of aromatic nitrogens is 3. The van der Waals surface area contributed by atoms with Gasteiger partial charge in [-0.25, -0.2) is 9.78 Å². The average molecular weight is 391 g/mol. The number of hydrogen-bond acceptors (Lipinski definition) is 7. The van der Waals surface area contributed by atoms with E-state index in [9.17, 15) is 4.79 Å². The van der Waals surface area contributed by atoms with Crippen molar-refractivity contribution in [1.29, 1.82) is 0 Å². The predicted molar refractivity (Wildman–Crippen MR) is 113 cm³/mol. The molecule has 0 bridgehead atoms. The number of oxazole rings is 1. The fraction of sp³-hybridized carbons (Fsp3) is 0.190. The Hall–Kier alpha value is -3.81. The summed E-state index contributed by atoms with van der Waals surface area (Å²) in [5, 5.41) is 6.49. The van der Waals surface area contributed by atoms with E-state index in [0.717, 1.165) is 33.8 Å². The first kappa shape index (κ1) is 18.5. The van der Waals surface area contributed by atoms with E-state index in [4.69, 9.17) is 9.15 Å². The van der Waals surface area contributed by atoms with Crippen molar-refractivity contribution in [2.45, 2.75) is 20.8 Å². The van der Waals surface area contributed by atoms with Gasteiger partial charge in [0.2, 0.25) is 5.95 Å². The van der Waals surface area contributed by atoms with Gasteiger partial charge in [0.25, 0.3) is 0 Å². The molecule has 148 valence electrons. The molecule has 0 atom stereocenters. The second-order valence-electron chi connectivity index (χ2n) is 6.82. The first-order valence-electron chi connectivity index (χ1n) is 9.09. The van der Waals surface area contributed by atoms with Crippen LogP contribution in [0, 0.1) is 20.8 Å². The highest BCUT2D eigenvalue weighted by atomic mass is 16.5. The molecule has 0 aliphatic rings. The van der Waals surface area contributed by atoms with Crippen LogP contribution >= 0.6 is 0 Å². The molecule has 0 saturated carbocycles. The Morgan fingerprint density at radius 3 is 2.66 bits per heavy atom. The van der Waals surface area contributed by atoms with Crippen molar-refractivity contribution in [2.24, 2.45) is 0 Å². The normalized spacial score (nSPS) is 10.9. The van der Waals surface area contributed by atoms with Crippen LogP contribution in [0.3, 0.4) is 0 Å². The molecular weight excluding hydrogens is 370 g/mol. The van der Waals surface area contributed by atoms with Crippen molar-refractivity contribution in [2.75, 3.05) is 17.7 Å². The number of nitrogens with zero attached hydrogens (tertiary/aromatic N) is 2. The molecule has 2 heterocycles. The van der Waals surface area contributed by atoms with Gasteiger partial charge < -0.3 is 19.8 Å². The Kier molecular flexibility index (Phi) is 4.67. The lowest BCUT2D eigenvalue weighted by molar-refractivity contribution is 0.411. The number of H-pyrrole nitrogens is 1. The second-order valence-corrected chi connectivity index (χ2v) is 6.82. The van der Waals surface area contributed by atoms with E-state index in [1.807, 2.05) is 39.0 Å². The Balaban J connectivity index is 1.62. The monoisotopic (exact) mass is 391 g/mol. The minimum atomic E-state index is -0.481. The third-order valence-electron chi connectivity index (χ3n) is 4.75. The quantitative estimate of drug-likeness (QED) is 0.465. The first-order valence-corrected chi connectivity index (χ1v) is 9.09. The molecule has 4 aromatic rings. The minimum Gasteiger partial charge on any atom is -0.496 e. The third-order valence-corrected chi connectivity index (χ3v) is 4.75. The Morgan fingerprint density at radius 1 is 1.03 bits per heavy atom. The number of methoxy groups -OCH3 is 1. The number of rotatable bonds is 5. The van der Waals surface area contributed by atoms with Crippen molar-refractivity contribution in [3.63, 3.8) is 0 Å². The number of aryl methyl sites for hydroxylation is 2. The summed E-state index contributed by atoms with van der Waals surface area (Å²) in [5.41, 5.74) is 5.83. The van der Waals surface area contributed by atoms with Gasteiger partial charge >= 0.3 is 5.76 Å². The first-order chi connectivity index (χ1) is 13.9. The summed E-state index contributed by atoms with van der Waals surface area (Å²) in [6.45, 7) is 5.97. The molecule has 3 N–H and O–H groups in total. The lowest BCUT2D eigenvalue weighted by atomic mass is 10.1. The summed E-state index contributed by atoms with van der Waals surface area (Å²) >= 11 is 0. The Labute approximate surface area is 167 Å². The summed E-state index contributed by atoms with van der Waals surface area (Å²) in [5.74, 6) is 1.44. The minimum absolute atomic E-state index is 0.459. The van der Waals surface area contributed by atoms with Crippen molar-refractivity contribution >= 4 is 34.2 Å². The molecule has 0 amide bonds. The van der Waals surface area contributed by atoms with Crippen LogP contribution in [-0.4, -0.2) is 22.1 Å². The molecule has 8 heteroatoms. The van der Waals surface area contributed by atoms with Crippen LogP contribution in [0.15, 0.2) is 45.7 Å². The van der Waals surface area contributed by atoms with E-state index >= 15 is 0 Å². The molecule has 4 rings (SSSR count). The van der Waals surface area contributed by atoms with Gasteiger partial charge in [-0.1, -0.05) is 0 Å². The zero-order valence-electron chi connectivity index (χ0n) is 16.6. The maximum absolute atomic E-state index is 11.3. The lowest BCUT2D eigenvalue weighted by Crippen LogP contribution is -2.03. The maximum atomic E-state index is 11.3.